The van der Waals surface area contributed by atoms with Crippen LogP contribution in [0.2, 0.25) is 0 Å². The average Bonchev–Trinajstić information content (AvgIpc) is 2.40. The van der Waals surface area contributed by atoms with Crippen LogP contribution in [0, 0.1) is 0 Å². The summed E-state index contributed by atoms with van der Waals surface area (Å²) >= 11 is 3.45. The van der Waals surface area contributed by atoms with Crippen LogP contribution in [0.5, 0.6) is 5.75 Å². The summed E-state index contributed by atoms with van der Waals surface area (Å²) in [6.45, 7) is 0. The molecule has 0 saturated carbocycles. The van der Waals surface area contributed by atoms with Gasteiger partial charge in [-0.1, -0.05) is 28.1 Å². The van der Waals surface area contributed by atoms with Gasteiger partial charge in [-0.3, -0.25) is 10.8 Å². The van der Waals surface area contributed by atoms with Crippen LogP contribution in [0.25, 0.3) is 0 Å². The minimum Gasteiger partial charge on any atom is -0.495 e. The molecule has 5 heteroatoms. The number of rotatable bonds is 4. The Balaban J connectivity index is 2.38. The number of hydrogen-bond acceptors (Lipinski definition) is 4. The van der Waals surface area contributed by atoms with Gasteiger partial charge < -0.3 is 4.74 Å². The summed E-state index contributed by atoms with van der Waals surface area (Å²) in [5.74, 6) is 6.36. The Morgan fingerprint density at radius 2 is 2.11 bits per heavy atom. The van der Waals surface area contributed by atoms with Crippen LogP contribution < -0.4 is 16.0 Å². The SMILES string of the molecule is COc1cncc(C(NN)c2cccc(Br)c2)c1. The van der Waals surface area contributed by atoms with Crippen molar-refractivity contribution >= 4 is 15.9 Å². The maximum absolute atomic E-state index is 5.64. The van der Waals surface area contributed by atoms with Crippen LogP contribution in [-0.2, 0) is 0 Å². The molecule has 94 valence electrons. The highest BCUT2D eigenvalue weighted by Crippen LogP contribution is 2.25. The van der Waals surface area contributed by atoms with Crippen LogP contribution >= 0.6 is 15.9 Å². The third-order valence-corrected chi connectivity index (χ3v) is 3.15. The lowest BCUT2D eigenvalue weighted by atomic mass is 10.0. The van der Waals surface area contributed by atoms with Gasteiger partial charge >= 0.3 is 0 Å². The molecule has 4 nitrogen and oxygen atoms in total. The molecular weight excluding hydrogens is 294 g/mol. The fraction of sp³-hybridized carbons (Fsp3) is 0.154. The zero-order valence-corrected chi connectivity index (χ0v) is 11.5. The van der Waals surface area contributed by atoms with E-state index in [0.717, 1.165) is 15.6 Å². The van der Waals surface area contributed by atoms with E-state index in [1.54, 1.807) is 19.5 Å². The summed E-state index contributed by atoms with van der Waals surface area (Å²) in [4.78, 5) is 4.14. The number of methoxy groups -OCH3 is 1. The summed E-state index contributed by atoms with van der Waals surface area (Å²) in [7, 11) is 1.62. The van der Waals surface area contributed by atoms with Crippen molar-refractivity contribution in [2.75, 3.05) is 7.11 Å². The Morgan fingerprint density at radius 1 is 1.28 bits per heavy atom. The van der Waals surface area contributed by atoms with E-state index >= 15 is 0 Å². The first-order chi connectivity index (χ1) is 8.74. The van der Waals surface area contributed by atoms with E-state index in [1.807, 2.05) is 30.3 Å². The average molecular weight is 308 g/mol. The smallest absolute Gasteiger partial charge is 0.137 e. The predicted molar refractivity (Wildman–Crippen MR) is 74.1 cm³/mol. The van der Waals surface area contributed by atoms with Gasteiger partial charge in [0.1, 0.15) is 5.75 Å². The molecule has 2 rings (SSSR count). The molecule has 0 aliphatic rings. The second kappa shape index (κ2) is 5.95. The minimum absolute atomic E-state index is 0.120. The number of ether oxygens (including phenoxy) is 1. The quantitative estimate of drug-likeness (QED) is 0.672. The first-order valence-electron chi connectivity index (χ1n) is 5.45. The maximum atomic E-state index is 5.64. The Kier molecular flexibility index (Phi) is 4.30. The molecule has 0 saturated heterocycles. The molecule has 2 aromatic rings. The Labute approximate surface area is 114 Å². The molecule has 0 aliphatic carbocycles. The van der Waals surface area contributed by atoms with Crippen molar-refractivity contribution < 1.29 is 4.74 Å². The fourth-order valence-corrected chi connectivity index (χ4v) is 2.19. The number of aromatic nitrogens is 1. The lowest BCUT2D eigenvalue weighted by Gasteiger charge is -2.17. The van der Waals surface area contributed by atoms with E-state index < -0.39 is 0 Å². The van der Waals surface area contributed by atoms with Crippen molar-refractivity contribution in [1.82, 2.24) is 10.4 Å². The van der Waals surface area contributed by atoms with Crippen LogP contribution in [0.1, 0.15) is 17.2 Å². The predicted octanol–water partition coefficient (Wildman–Crippen LogP) is 2.41. The molecule has 1 heterocycles. The Bertz CT molecular complexity index is 533. The number of hydrogen-bond donors (Lipinski definition) is 2. The van der Waals surface area contributed by atoms with E-state index in [1.165, 1.54) is 0 Å². The summed E-state index contributed by atoms with van der Waals surface area (Å²) in [6, 6.07) is 9.76. The van der Waals surface area contributed by atoms with Crippen molar-refractivity contribution in [3.63, 3.8) is 0 Å². The monoisotopic (exact) mass is 307 g/mol. The van der Waals surface area contributed by atoms with Crippen molar-refractivity contribution in [2.24, 2.45) is 5.84 Å². The van der Waals surface area contributed by atoms with Gasteiger partial charge in [-0.15, -0.1) is 0 Å². The Hall–Kier alpha value is -1.43. The van der Waals surface area contributed by atoms with Gasteiger partial charge in [-0.2, -0.15) is 0 Å². The lowest BCUT2D eigenvalue weighted by molar-refractivity contribution is 0.411. The molecule has 1 aromatic carbocycles. The Morgan fingerprint density at radius 3 is 2.78 bits per heavy atom. The largest absolute Gasteiger partial charge is 0.495 e. The van der Waals surface area contributed by atoms with Gasteiger partial charge in [-0.25, -0.2) is 5.43 Å². The fourth-order valence-electron chi connectivity index (χ4n) is 1.78. The number of pyridine rings is 1. The molecule has 1 unspecified atom stereocenters. The highest BCUT2D eigenvalue weighted by Gasteiger charge is 2.13. The standard InChI is InChI=1S/C13H14BrN3O/c1-18-12-6-10(7-16-8-12)13(17-15)9-3-2-4-11(14)5-9/h2-8,13,17H,15H2,1H3. The molecular formula is C13H14BrN3O. The second-order valence-electron chi connectivity index (χ2n) is 3.81. The number of nitrogens with two attached hydrogens (primary N) is 1. The van der Waals surface area contributed by atoms with Crippen molar-refractivity contribution in [2.45, 2.75) is 6.04 Å². The third-order valence-electron chi connectivity index (χ3n) is 2.65. The maximum Gasteiger partial charge on any atom is 0.137 e. The molecule has 0 bridgehead atoms. The van der Waals surface area contributed by atoms with Gasteiger partial charge in [0.2, 0.25) is 0 Å². The second-order valence-corrected chi connectivity index (χ2v) is 4.73. The normalized spacial score (nSPS) is 12.2. The van der Waals surface area contributed by atoms with Crippen molar-refractivity contribution in [3.05, 3.63) is 58.3 Å². The molecule has 0 aliphatic heterocycles. The topological polar surface area (TPSA) is 60.2 Å². The zero-order valence-electron chi connectivity index (χ0n) is 9.93. The first kappa shape index (κ1) is 13.0. The van der Waals surface area contributed by atoms with Crippen molar-refractivity contribution in [3.8, 4) is 5.75 Å². The van der Waals surface area contributed by atoms with E-state index in [2.05, 4.69) is 26.3 Å². The van der Waals surface area contributed by atoms with E-state index in [0.29, 0.717) is 5.75 Å². The molecule has 1 atom stereocenters. The number of nitrogens with one attached hydrogen (secondary N) is 1. The van der Waals surface area contributed by atoms with Gasteiger partial charge in [0.05, 0.1) is 19.3 Å². The lowest BCUT2D eigenvalue weighted by Crippen LogP contribution is -2.28. The summed E-state index contributed by atoms with van der Waals surface area (Å²) in [6.07, 6.45) is 3.44. The van der Waals surface area contributed by atoms with E-state index in [-0.39, 0.29) is 6.04 Å². The molecule has 0 amide bonds. The van der Waals surface area contributed by atoms with Crippen LogP contribution in [0.4, 0.5) is 0 Å². The summed E-state index contributed by atoms with van der Waals surface area (Å²) < 4.78 is 6.18. The van der Waals surface area contributed by atoms with E-state index in [9.17, 15) is 0 Å². The molecule has 18 heavy (non-hydrogen) atoms. The molecule has 0 radical (unpaired) electrons. The summed E-state index contributed by atoms with van der Waals surface area (Å²) in [5.41, 5.74) is 4.81. The van der Waals surface area contributed by atoms with Crippen LogP contribution in [-0.4, -0.2) is 12.1 Å². The first-order valence-corrected chi connectivity index (χ1v) is 6.24. The van der Waals surface area contributed by atoms with E-state index in [4.69, 9.17) is 10.6 Å². The van der Waals surface area contributed by atoms with Crippen LogP contribution in [0.3, 0.4) is 0 Å². The molecule has 3 N–H and O–H groups in total. The molecule has 0 spiro atoms. The van der Waals surface area contributed by atoms with Gasteiger partial charge in [-0.05, 0) is 29.3 Å². The van der Waals surface area contributed by atoms with Gasteiger partial charge in [0.25, 0.3) is 0 Å². The van der Waals surface area contributed by atoms with Crippen molar-refractivity contribution in [1.29, 1.82) is 0 Å². The molecule has 1 aromatic heterocycles. The number of halogens is 1. The number of hydrazine groups is 1. The van der Waals surface area contributed by atoms with Gasteiger partial charge in [0, 0.05) is 10.7 Å². The zero-order chi connectivity index (χ0) is 13.0. The molecule has 0 fully saturated rings. The third kappa shape index (κ3) is 2.87. The minimum atomic E-state index is -0.120. The number of benzene rings is 1. The summed E-state index contributed by atoms with van der Waals surface area (Å²) in [5, 5.41) is 0. The van der Waals surface area contributed by atoms with Crippen LogP contribution in [0.15, 0.2) is 47.2 Å². The number of nitrogens with zero attached hydrogens (tertiary/aromatic N) is 1. The van der Waals surface area contributed by atoms with Gasteiger partial charge in [0.15, 0.2) is 0 Å². The highest BCUT2D eigenvalue weighted by atomic mass is 79.9. The highest BCUT2D eigenvalue weighted by molar-refractivity contribution is 9.10.